The molecule has 2 aliphatic heterocycles. The van der Waals surface area contributed by atoms with Crippen LogP contribution in [0.15, 0.2) is 12.4 Å². The number of morpholine rings is 1. The molecule has 11 heteroatoms. The third-order valence-electron chi connectivity index (χ3n) is 4.56. The summed E-state index contributed by atoms with van der Waals surface area (Å²) in [5.74, 6) is -2.00. The Hall–Kier alpha value is -2.43. The number of halogens is 3. The first-order valence-corrected chi connectivity index (χ1v) is 8.30. The number of nitrogens with one attached hydrogen (secondary N) is 1. The standard InChI is InChI=1S/C14H20N4O2.C2HF3O2/c1-10-7-15-13(16-8-10)18-5-3-14(4-6-18)11(2)17-12(19)9-20-14;3-2(4,5)1(6)7/h7-8,11H,3-6,9H2,1-2H3,(H,17,19);(H,6,7). The molecule has 0 aromatic carbocycles. The van der Waals surface area contributed by atoms with Gasteiger partial charge in [-0.2, -0.15) is 13.2 Å². The molecule has 1 spiro atoms. The summed E-state index contributed by atoms with van der Waals surface area (Å²) in [5, 5.41) is 10.1. The number of carbonyl (C=O) groups excluding carboxylic acids is 1. The Labute approximate surface area is 153 Å². The summed E-state index contributed by atoms with van der Waals surface area (Å²) in [6.45, 7) is 5.88. The molecule has 1 aromatic rings. The molecule has 2 aliphatic rings. The van der Waals surface area contributed by atoms with E-state index in [-0.39, 0.29) is 24.2 Å². The molecule has 0 radical (unpaired) electrons. The van der Waals surface area contributed by atoms with Crippen molar-refractivity contribution < 1.29 is 32.6 Å². The predicted octanol–water partition coefficient (Wildman–Crippen LogP) is 1.29. The number of aryl methyl sites for hydroxylation is 1. The van der Waals surface area contributed by atoms with Crippen LogP contribution in [-0.2, 0) is 14.3 Å². The molecule has 3 rings (SSSR count). The second kappa shape index (κ2) is 8.07. The Morgan fingerprint density at radius 2 is 1.85 bits per heavy atom. The molecule has 0 aliphatic carbocycles. The number of amides is 1. The van der Waals surface area contributed by atoms with Crippen molar-refractivity contribution in [2.24, 2.45) is 0 Å². The number of hydrogen-bond acceptors (Lipinski definition) is 6. The molecule has 0 bridgehead atoms. The molecule has 1 amide bonds. The summed E-state index contributed by atoms with van der Waals surface area (Å²) < 4.78 is 37.6. The lowest BCUT2D eigenvalue weighted by Crippen LogP contribution is -2.62. The molecule has 0 saturated carbocycles. The van der Waals surface area contributed by atoms with Crippen LogP contribution in [0.5, 0.6) is 0 Å². The number of aliphatic carboxylic acids is 1. The van der Waals surface area contributed by atoms with E-state index in [9.17, 15) is 18.0 Å². The number of piperidine rings is 1. The molecule has 8 nitrogen and oxygen atoms in total. The highest BCUT2D eigenvalue weighted by atomic mass is 19.4. The van der Waals surface area contributed by atoms with Crippen molar-refractivity contribution in [1.82, 2.24) is 15.3 Å². The van der Waals surface area contributed by atoms with E-state index in [4.69, 9.17) is 14.6 Å². The second-order valence-corrected chi connectivity index (χ2v) is 6.49. The van der Waals surface area contributed by atoms with Crippen molar-refractivity contribution in [2.45, 2.75) is 44.5 Å². The molecular weight excluding hydrogens is 369 g/mol. The van der Waals surface area contributed by atoms with E-state index in [1.165, 1.54) is 0 Å². The lowest BCUT2D eigenvalue weighted by atomic mass is 9.84. The smallest absolute Gasteiger partial charge is 0.475 e. The highest BCUT2D eigenvalue weighted by Gasteiger charge is 2.44. The fraction of sp³-hybridized carbons (Fsp3) is 0.625. The summed E-state index contributed by atoms with van der Waals surface area (Å²) in [6.07, 6.45) is 0.358. The van der Waals surface area contributed by atoms with Crippen molar-refractivity contribution in [3.05, 3.63) is 18.0 Å². The number of ether oxygens (including phenoxy) is 1. The van der Waals surface area contributed by atoms with Gasteiger partial charge in [0.15, 0.2) is 0 Å². The van der Waals surface area contributed by atoms with E-state index in [0.717, 1.165) is 37.4 Å². The third kappa shape index (κ3) is 5.28. The van der Waals surface area contributed by atoms with Crippen LogP contribution in [0.2, 0.25) is 0 Å². The topological polar surface area (TPSA) is 105 Å². The van der Waals surface area contributed by atoms with Gasteiger partial charge < -0.3 is 20.1 Å². The normalized spacial score (nSPS) is 21.9. The summed E-state index contributed by atoms with van der Waals surface area (Å²) in [5.41, 5.74) is 0.837. The van der Waals surface area contributed by atoms with Crippen molar-refractivity contribution in [2.75, 3.05) is 24.6 Å². The van der Waals surface area contributed by atoms with E-state index < -0.39 is 12.1 Å². The average molecular weight is 390 g/mol. The van der Waals surface area contributed by atoms with Crippen LogP contribution >= 0.6 is 0 Å². The highest BCUT2D eigenvalue weighted by Crippen LogP contribution is 2.32. The van der Waals surface area contributed by atoms with Crippen LogP contribution in [0.1, 0.15) is 25.3 Å². The SMILES string of the molecule is Cc1cnc(N2CCC3(CC2)OCC(=O)NC3C)nc1.O=C(O)C(F)(F)F. The monoisotopic (exact) mass is 390 g/mol. The molecule has 1 unspecified atom stereocenters. The first kappa shape index (κ1) is 20.9. The van der Waals surface area contributed by atoms with Gasteiger partial charge in [0.1, 0.15) is 6.61 Å². The van der Waals surface area contributed by atoms with E-state index >= 15 is 0 Å². The zero-order chi connectivity index (χ0) is 20.2. The van der Waals surface area contributed by atoms with Crippen molar-refractivity contribution in [3.63, 3.8) is 0 Å². The van der Waals surface area contributed by atoms with Gasteiger partial charge in [-0.15, -0.1) is 0 Å². The Morgan fingerprint density at radius 1 is 1.33 bits per heavy atom. The minimum absolute atomic E-state index is 0.0209. The Bertz CT molecular complexity index is 673. The van der Waals surface area contributed by atoms with Gasteiger partial charge in [0.2, 0.25) is 11.9 Å². The quantitative estimate of drug-likeness (QED) is 0.745. The fourth-order valence-corrected chi connectivity index (χ4v) is 2.96. The maximum Gasteiger partial charge on any atom is 0.490 e. The van der Waals surface area contributed by atoms with Crippen molar-refractivity contribution in [3.8, 4) is 0 Å². The summed E-state index contributed by atoms with van der Waals surface area (Å²) >= 11 is 0. The molecular formula is C16H21F3N4O4. The number of carboxylic acid groups (broad SMARTS) is 1. The van der Waals surface area contributed by atoms with Gasteiger partial charge in [-0.3, -0.25) is 4.79 Å². The first-order valence-electron chi connectivity index (χ1n) is 8.30. The van der Waals surface area contributed by atoms with Crippen LogP contribution in [-0.4, -0.2) is 64.5 Å². The van der Waals surface area contributed by atoms with Crippen molar-refractivity contribution >= 4 is 17.8 Å². The van der Waals surface area contributed by atoms with E-state index in [2.05, 4.69) is 20.2 Å². The second-order valence-electron chi connectivity index (χ2n) is 6.49. The summed E-state index contributed by atoms with van der Waals surface area (Å²) in [4.78, 5) is 31.2. The largest absolute Gasteiger partial charge is 0.490 e. The lowest BCUT2D eigenvalue weighted by molar-refractivity contribution is -0.192. The van der Waals surface area contributed by atoms with Gasteiger partial charge >= 0.3 is 12.1 Å². The zero-order valence-electron chi connectivity index (χ0n) is 14.9. The average Bonchev–Trinajstić information content (AvgIpc) is 2.60. The van der Waals surface area contributed by atoms with Crippen LogP contribution in [0.25, 0.3) is 0 Å². The van der Waals surface area contributed by atoms with Gasteiger partial charge in [-0.25, -0.2) is 14.8 Å². The Kier molecular flexibility index (Phi) is 6.24. The Morgan fingerprint density at radius 3 is 2.30 bits per heavy atom. The third-order valence-corrected chi connectivity index (χ3v) is 4.56. The maximum atomic E-state index is 11.4. The van der Waals surface area contributed by atoms with E-state index in [1.807, 2.05) is 26.2 Å². The molecule has 3 heterocycles. The number of hydrogen-bond donors (Lipinski definition) is 2. The summed E-state index contributed by atoms with van der Waals surface area (Å²) in [6, 6.07) is 0.0600. The summed E-state index contributed by atoms with van der Waals surface area (Å²) in [7, 11) is 0. The van der Waals surface area contributed by atoms with Crippen LogP contribution < -0.4 is 10.2 Å². The van der Waals surface area contributed by atoms with Crippen molar-refractivity contribution in [1.29, 1.82) is 0 Å². The minimum Gasteiger partial charge on any atom is -0.475 e. The molecule has 2 N–H and O–H groups in total. The minimum atomic E-state index is -5.08. The van der Waals surface area contributed by atoms with Crippen LogP contribution in [0.4, 0.5) is 19.1 Å². The predicted molar refractivity (Wildman–Crippen MR) is 88.2 cm³/mol. The lowest BCUT2D eigenvalue weighted by Gasteiger charge is -2.47. The number of anilines is 1. The number of aromatic nitrogens is 2. The molecule has 150 valence electrons. The van der Waals surface area contributed by atoms with E-state index in [0.29, 0.717) is 0 Å². The molecule has 2 saturated heterocycles. The number of rotatable bonds is 1. The fourth-order valence-electron chi connectivity index (χ4n) is 2.96. The van der Waals surface area contributed by atoms with Gasteiger partial charge in [0.25, 0.3) is 0 Å². The number of carboxylic acids is 1. The number of alkyl halides is 3. The van der Waals surface area contributed by atoms with E-state index in [1.54, 1.807) is 0 Å². The molecule has 1 aromatic heterocycles. The molecule has 27 heavy (non-hydrogen) atoms. The Balaban J connectivity index is 0.000000321. The first-order chi connectivity index (χ1) is 12.5. The van der Waals surface area contributed by atoms with Crippen LogP contribution in [0, 0.1) is 6.92 Å². The zero-order valence-corrected chi connectivity index (χ0v) is 14.9. The highest BCUT2D eigenvalue weighted by molar-refractivity contribution is 5.78. The van der Waals surface area contributed by atoms with Gasteiger partial charge in [0.05, 0.1) is 11.6 Å². The van der Waals surface area contributed by atoms with Gasteiger partial charge in [-0.1, -0.05) is 0 Å². The molecule has 1 atom stereocenters. The van der Waals surface area contributed by atoms with Gasteiger partial charge in [-0.05, 0) is 32.3 Å². The number of carbonyl (C=O) groups is 2. The van der Waals surface area contributed by atoms with Gasteiger partial charge in [0, 0.05) is 25.5 Å². The van der Waals surface area contributed by atoms with Crippen LogP contribution in [0.3, 0.4) is 0 Å². The molecule has 2 fully saturated rings. The number of nitrogens with zero attached hydrogens (tertiary/aromatic N) is 3. The maximum absolute atomic E-state index is 11.4.